The van der Waals surface area contributed by atoms with Gasteiger partial charge in [0.25, 0.3) is 5.22 Å². The van der Waals surface area contributed by atoms with Gasteiger partial charge >= 0.3 is 0 Å². The van der Waals surface area contributed by atoms with Gasteiger partial charge in [0.05, 0.1) is 0 Å². The van der Waals surface area contributed by atoms with Crippen LogP contribution in [0.15, 0.2) is 25.9 Å². The van der Waals surface area contributed by atoms with Gasteiger partial charge in [-0.1, -0.05) is 23.4 Å². The molecule has 0 aliphatic carbocycles. The fourth-order valence-corrected chi connectivity index (χ4v) is 2.39. The molecule has 2 aromatic heterocycles. The van der Waals surface area contributed by atoms with Gasteiger partial charge in [0.2, 0.25) is 5.89 Å². The minimum Gasteiger partial charge on any atom is -0.416 e. The van der Waals surface area contributed by atoms with Crippen molar-refractivity contribution in [3.63, 3.8) is 0 Å². The molecule has 0 N–H and O–H groups in total. The van der Waals surface area contributed by atoms with E-state index in [2.05, 4.69) is 20.2 Å². The third kappa shape index (κ3) is 2.87. The second-order valence-corrected chi connectivity index (χ2v) is 4.84. The molecule has 8 heteroatoms. The average molecular weight is 275 g/mol. The highest BCUT2D eigenvalue weighted by atomic mass is 35.5. The second-order valence-electron chi connectivity index (χ2n) is 2.70. The van der Waals surface area contributed by atoms with Crippen LogP contribution in [0.25, 0.3) is 0 Å². The molecule has 0 amide bonds. The Kier molecular flexibility index (Phi) is 3.67. The van der Waals surface area contributed by atoms with Crippen molar-refractivity contribution < 1.29 is 4.42 Å². The summed E-state index contributed by atoms with van der Waals surface area (Å²) in [6, 6.07) is 1.66. The number of halogens is 1. The van der Waals surface area contributed by atoms with Gasteiger partial charge < -0.3 is 4.42 Å². The first-order valence-corrected chi connectivity index (χ1v) is 6.66. The van der Waals surface area contributed by atoms with E-state index in [1.165, 1.54) is 23.5 Å². The second kappa shape index (κ2) is 5.03. The zero-order valence-corrected chi connectivity index (χ0v) is 10.9. The molecule has 0 radical (unpaired) electrons. The number of aromatic nitrogens is 4. The molecule has 5 nitrogen and oxygen atoms in total. The summed E-state index contributed by atoms with van der Waals surface area (Å²) in [4.78, 5) is 8.30. The normalized spacial score (nSPS) is 10.7. The quantitative estimate of drug-likeness (QED) is 0.484. The van der Waals surface area contributed by atoms with Crippen molar-refractivity contribution in [3.05, 3.63) is 17.1 Å². The molecule has 84 valence electrons. The number of hydrogen-bond acceptors (Lipinski definition) is 7. The Morgan fingerprint density at radius 2 is 2.12 bits per heavy atom. The summed E-state index contributed by atoms with van der Waals surface area (Å²) in [6.07, 6.45) is 1.89. The summed E-state index contributed by atoms with van der Waals surface area (Å²) in [5.74, 6) is 0.521. The molecule has 0 aliphatic rings. The standard InChI is InChI=1S/C8H7ClN4OS2/c1-4-12-13-8(14-4)16-6-3-5(9)10-7(11-6)15-2/h3H,1-2H3. The molecule has 16 heavy (non-hydrogen) atoms. The van der Waals surface area contributed by atoms with Gasteiger partial charge in [-0.25, -0.2) is 9.97 Å². The first-order chi connectivity index (χ1) is 7.67. The van der Waals surface area contributed by atoms with Crippen LogP contribution >= 0.6 is 35.1 Å². The van der Waals surface area contributed by atoms with Crippen molar-refractivity contribution in [1.82, 2.24) is 20.2 Å². The zero-order valence-electron chi connectivity index (χ0n) is 8.47. The fourth-order valence-electron chi connectivity index (χ4n) is 0.930. The third-order valence-electron chi connectivity index (χ3n) is 1.53. The van der Waals surface area contributed by atoms with Gasteiger partial charge in [-0.3, -0.25) is 0 Å². The lowest BCUT2D eigenvalue weighted by Crippen LogP contribution is -1.88. The van der Waals surface area contributed by atoms with Crippen LogP contribution in [0.5, 0.6) is 0 Å². The number of hydrogen-bond donors (Lipinski definition) is 0. The first-order valence-electron chi connectivity index (χ1n) is 4.24. The minimum atomic E-state index is 0.401. The van der Waals surface area contributed by atoms with Crippen LogP contribution in [0.3, 0.4) is 0 Å². The Labute approximate surface area is 105 Å². The van der Waals surface area contributed by atoms with Gasteiger partial charge in [-0.2, -0.15) is 0 Å². The summed E-state index contributed by atoms with van der Waals surface area (Å²) < 4.78 is 5.23. The molecule has 0 unspecified atom stereocenters. The van der Waals surface area contributed by atoms with Crippen LogP contribution < -0.4 is 0 Å². The largest absolute Gasteiger partial charge is 0.416 e. The lowest BCUT2D eigenvalue weighted by molar-refractivity contribution is 0.429. The van der Waals surface area contributed by atoms with Crippen LogP contribution in [0.1, 0.15) is 5.89 Å². The molecule has 0 saturated carbocycles. The Bertz CT molecular complexity index is 505. The fraction of sp³-hybridized carbons (Fsp3) is 0.250. The van der Waals surface area contributed by atoms with Gasteiger partial charge in [0.1, 0.15) is 10.2 Å². The van der Waals surface area contributed by atoms with Crippen molar-refractivity contribution in [2.75, 3.05) is 6.26 Å². The molecule has 2 aromatic rings. The van der Waals surface area contributed by atoms with Crippen LogP contribution in [-0.2, 0) is 0 Å². The summed E-state index contributed by atoms with van der Waals surface area (Å²) in [7, 11) is 0. The highest BCUT2D eigenvalue weighted by molar-refractivity contribution is 7.99. The topological polar surface area (TPSA) is 64.7 Å². The molecule has 0 saturated heterocycles. The maximum Gasteiger partial charge on any atom is 0.282 e. The van der Waals surface area contributed by atoms with E-state index in [1.807, 2.05) is 6.26 Å². The van der Waals surface area contributed by atoms with Crippen LogP contribution in [0, 0.1) is 6.92 Å². The minimum absolute atomic E-state index is 0.401. The molecular weight excluding hydrogens is 268 g/mol. The van der Waals surface area contributed by atoms with E-state index in [0.29, 0.717) is 26.4 Å². The Balaban J connectivity index is 2.24. The van der Waals surface area contributed by atoms with Gasteiger partial charge in [-0.15, -0.1) is 10.2 Å². The number of nitrogens with zero attached hydrogens (tertiary/aromatic N) is 4. The molecule has 0 aromatic carbocycles. The molecule has 0 spiro atoms. The van der Waals surface area contributed by atoms with Crippen molar-refractivity contribution in [1.29, 1.82) is 0 Å². The summed E-state index contributed by atoms with van der Waals surface area (Å²) in [6.45, 7) is 1.73. The van der Waals surface area contributed by atoms with Crippen LogP contribution in [0.2, 0.25) is 5.15 Å². The predicted molar refractivity (Wildman–Crippen MR) is 62.0 cm³/mol. The monoisotopic (exact) mass is 274 g/mol. The van der Waals surface area contributed by atoms with E-state index < -0.39 is 0 Å². The Hall–Kier alpha value is -0.790. The van der Waals surface area contributed by atoms with Gasteiger partial charge in [-0.05, 0) is 18.0 Å². The van der Waals surface area contributed by atoms with Crippen molar-refractivity contribution >= 4 is 35.1 Å². The number of rotatable bonds is 3. The van der Waals surface area contributed by atoms with E-state index in [1.54, 1.807) is 13.0 Å². The molecule has 0 fully saturated rings. The first kappa shape index (κ1) is 11.7. The SMILES string of the molecule is CSc1nc(Cl)cc(Sc2nnc(C)o2)n1. The van der Waals surface area contributed by atoms with E-state index in [9.17, 15) is 0 Å². The van der Waals surface area contributed by atoms with Crippen molar-refractivity contribution in [3.8, 4) is 0 Å². The molecule has 2 rings (SSSR count). The highest BCUT2D eigenvalue weighted by Crippen LogP contribution is 2.27. The van der Waals surface area contributed by atoms with E-state index in [0.717, 1.165) is 0 Å². The maximum absolute atomic E-state index is 5.86. The lowest BCUT2D eigenvalue weighted by atomic mass is 10.7. The van der Waals surface area contributed by atoms with Crippen molar-refractivity contribution in [2.24, 2.45) is 0 Å². The summed E-state index contributed by atoms with van der Waals surface area (Å²) in [5.41, 5.74) is 0. The van der Waals surface area contributed by atoms with Gasteiger partial charge in [0.15, 0.2) is 5.16 Å². The Morgan fingerprint density at radius 1 is 1.31 bits per heavy atom. The molecule has 0 atom stereocenters. The Morgan fingerprint density at radius 3 is 2.75 bits per heavy atom. The molecule has 0 bridgehead atoms. The predicted octanol–water partition coefficient (Wildman–Crippen LogP) is 2.69. The third-order valence-corrected chi connectivity index (χ3v) is 3.03. The molecular formula is C8H7ClN4OS2. The highest BCUT2D eigenvalue weighted by Gasteiger charge is 2.08. The van der Waals surface area contributed by atoms with E-state index >= 15 is 0 Å². The lowest BCUT2D eigenvalue weighted by Gasteiger charge is -1.99. The van der Waals surface area contributed by atoms with E-state index in [4.69, 9.17) is 16.0 Å². The molecule has 0 aliphatic heterocycles. The van der Waals surface area contributed by atoms with Gasteiger partial charge in [0, 0.05) is 13.0 Å². The smallest absolute Gasteiger partial charge is 0.282 e. The van der Waals surface area contributed by atoms with Crippen LogP contribution in [0.4, 0.5) is 0 Å². The number of aryl methyl sites for hydroxylation is 1. The van der Waals surface area contributed by atoms with Crippen LogP contribution in [-0.4, -0.2) is 26.4 Å². The average Bonchev–Trinajstić information content (AvgIpc) is 2.63. The van der Waals surface area contributed by atoms with E-state index in [-0.39, 0.29) is 0 Å². The van der Waals surface area contributed by atoms with Crippen molar-refractivity contribution in [2.45, 2.75) is 22.3 Å². The summed E-state index contributed by atoms with van der Waals surface area (Å²) >= 11 is 8.54. The summed E-state index contributed by atoms with van der Waals surface area (Å²) in [5, 5.41) is 9.74. The number of thioether (sulfide) groups is 1. The zero-order chi connectivity index (χ0) is 11.5. The maximum atomic E-state index is 5.86. The molecule has 2 heterocycles.